The van der Waals surface area contributed by atoms with Crippen molar-refractivity contribution in [1.82, 2.24) is 0 Å². The van der Waals surface area contributed by atoms with Gasteiger partial charge in [-0.05, 0) is 150 Å². The number of rotatable bonds is 8. The zero-order chi connectivity index (χ0) is 68.6. The van der Waals surface area contributed by atoms with Gasteiger partial charge in [0.25, 0.3) is 0 Å². The molecule has 3 radical (unpaired) electrons. The number of aryl methyl sites for hydroxylation is 2. The third-order valence-electron chi connectivity index (χ3n) is 18.2. The SMILES string of the molecule is C=C(OC)C(C)CC.CC.CC.CC.CC.CC.CC.CC.CC1C(C)C2CC1C1C3CCC(C3)C21.CCC(C)C.CCC(C)c1ccccc1.Cc1ccc(C2(c3ccc(C)cc3)c3ccccc3-c3ccccc32)cc1.[CH3-].[CH3-].[CH3-].[Y].[Y].[Y].[c-]1ccccc1.c1ccccc1. The number of hydrogen-bond acceptors (Lipinski definition) is 1. The van der Waals surface area contributed by atoms with Crippen LogP contribution in [-0.2, 0) is 108 Å². The van der Waals surface area contributed by atoms with Crippen LogP contribution in [0.1, 0.15) is 249 Å². The van der Waals surface area contributed by atoms with E-state index in [0.717, 1.165) is 41.8 Å². The van der Waals surface area contributed by atoms with E-state index in [2.05, 4.69) is 216 Å². The summed E-state index contributed by atoms with van der Waals surface area (Å²) in [6, 6.07) is 71.0. The first-order valence-corrected chi connectivity index (χ1v) is 36.3. The van der Waals surface area contributed by atoms with E-state index < -0.39 is 0 Å². The molecule has 0 heterocycles. The number of benzene rings is 7. The molecule has 0 N–H and O–H groups in total. The molecule has 533 valence electrons. The molecule has 5 aliphatic rings. The van der Waals surface area contributed by atoms with Crippen molar-refractivity contribution in [1.29, 1.82) is 0 Å². The largest absolute Gasteiger partial charge is 0.501 e. The maximum atomic E-state index is 4.91. The number of allylic oxidation sites excluding steroid dienone is 1. The Balaban J connectivity index is -0.000000162. The molecule has 7 aromatic rings. The van der Waals surface area contributed by atoms with E-state index in [-0.39, 0.29) is 126 Å². The second kappa shape index (κ2) is 66.9. The van der Waals surface area contributed by atoms with Gasteiger partial charge in [-0.1, -0.05) is 347 Å². The van der Waals surface area contributed by atoms with Crippen molar-refractivity contribution in [3.05, 3.63) is 274 Å². The maximum Gasteiger partial charge on any atom is 0.0911 e. The smallest absolute Gasteiger partial charge is 0.0911 e. The summed E-state index contributed by atoms with van der Waals surface area (Å²) in [5, 5.41) is 0. The molecular formula is C92H146OY3-4. The van der Waals surface area contributed by atoms with Gasteiger partial charge in [-0.2, -0.15) is 36.4 Å². The third-order valence-corrected chi connectivity index (χ3v) is 18.2. The fourth-order valence-corrected chi connectivity index (χ4v) is 13.0. The van der Waals surface area contributed by atoms with Crippen LogP contribution in [0.3, 0.4) is 0 Å². The van der Waals surface area contributed by atoms with Crippen molar-refractivity contribution >= 4 is 0 Å². The first kappa shape index (κ1) is 109. The first-order chi connectivity index (χ1) is 43.8. The van der Waals surface area contributed by atoms with Crippen molar-refractivity contribution in [2.24, 2.45) is 59.2 Å². The molecule has 10 unspecified atom stereocenters. The molecule has 4 bridgehead atoms. The van der Waals surface area contributed by atoms with Crippen LogP contribution in [-0.4, -0.2) is 7.11 Å². The maximum absolute atomic E-state index is 4.91. The van der Waals surface area contributed by atoms with Crippen LogP contribution in [0.2, 0.25) is 0 Å². The zero-order valence-corrected chi connectivity index (χ0v) is 76.1. The molecule has 4 fully saturated rings. The van der Waals surface area contributed by atoms with E-state index in [9.17, 15) is 0 Å². The van der Waals surface area contributed by atoms with Crippen molar-refractivity contribution in [3.63, 3.8) is 0 Å². The predicted octanol–water partition coefficient (Wildman–Crippen LogP) is 29.4. The van der Waals surface area contributed by atoms with Gasteiger partial charge in [-0.3, -0.25) is 0 Å². The van der Waals surface area contributed by atoms with Crippen LogP contribution in [0.4, 0.5) is 0 Å². The van der Waals surface area contributed by atoms with Crippen LogP contribution in [0.5, 0.6) is 0 Å². The normalized spacial score (nSPS) is 18.3. The van der Waals surface area contributed by atoms with Gasteiger partial charge in [0.1, 0.15) is 0 Å². The van der Waals surface area contributed by atoms with Gasteiger partial charge in [0, 0.05) is 104 Å². The minimum atomic E-state index is -0.269. The summed E-state index contributed by atoms with van der Waals surface area (Å²) in [4.78, 5) is 0. The van der Waals surface area contributed by atoms with Crippen LogP contribution >= 0.6 is 0 Å². The quantitative estimate of drug-likeness (QED) is 0.0837. The van der Waals surface area contributed by atoms with E-state index in [4.69, 9.17) is 4.74 Å². The number of hydrogen-bond donors (Lipinski definition) is 0. The van der Waals surface area contributed by atoms with Gasteiger partial charge in [-0.25, -0.2) is 0 Å². The van der Waals surface area contributed by atoms with Gasteiger partial charge in [0.05, 0.1) is 18.3 Å². The Labute approximate surface area is 676 Å². The molecule has 0 aromatic heterocycles. The molecule has 12 rings (SSSR count). The van der Waals surface area contributed by atoms with Gasteiger partial charge in [0.15, 0.2) is 0 Å². The van der Waals surface area contributed by atoms with Crippen molar-refractivity contribution in [3.8, 4) is 11.1 Å². The van der Waals surface area contributed by atoms with Gasteiger partial charge in [0.2, 0.25) is 0 Å². The zero-order valence-electron chi connectivity index (χ0n) is 67.6. The van der Waals surface area contributed by atoms with E-state index in [1.807, 2.05) is 164 Å². The van der Waals surface area contributed by atoms with Crippen LogP contribution in [0, 0.1) is 101 Å². The summed E-state index contributed by atoms with van der Waals surface area (Å²) in [7, 11) is 1.66. The van der Waals surface area contributed by atoms with E-state index in [1.54, 1.807) is 32.8 Å². The minimum Gasteiger partial charge on any atom is -0.501 e. The number of ether oxygens (including phenoxy) is 1. The standard InChI is InChI=1S/C27H22.C14H22.C10H14.C7H14O.C6H6.C6H5.C5H12.7C2H6.3CH3.3Y/c1-19-11-15-21(16-12-19)27(22-17-13-20(2)14-18-22)25-9-5-3-7-23(25)24-8-4-6-10-26(24)27;1-7-8(2)12-6-11(7)13-9-3-4-10(5-9)14(12)13;1-3-9(2)10-7-5-4-6-8-10;1-5-6(2)7(3)8-4;2*1-2-4-6-5-3-1;1-4-5(2)3;7*1-2;;;;;;/h3-18H,1-2H3;7-14H,3-6H2,1-2H3;4-9H,3H2,1-2H3;6H,3,5H2,1-2,4H3;1-6H;1-5H;5H,4H2,1-3H3;7*1-2H3;3*1H3;;;/q;;;;;-1;;;;;;;;;3*-1;;;. The van der Waals surface area contributed by atoms with E-state index in [0.29, 0.717) is 11.8 Å². The molecule has 4 heteroatoms. The second-order valence-electron chi connectivity index (χ2n) is 23.1. The van der Waals surface area contributed by atoms with Gasteiger partial charge >= 0.3 is 0 Å². The first-order valence-electron chi connectivity index (χ1n) is 36.3. The molecule has 0 spiro atoms. The fourth-order valence-electron chi connectivity index (χ4n) is 13.0. The molecule has 5 aliphatic carbocycles. The Bertz CT molecular complexity index is 2520. The van der Waals surface area contributed by atoms with Crippen LogP contribution in [0.25, 0.3) is 11.1 Å². The molecule has 0 amide bonds. The topological polar surface area (TPSA) is 9.23 Å². The van der Waals surface area contributed by atoms with Crippen molar-refractivity contribution < 1.29 is 103 Å². The Morgan fingerprint density at radius 3 is 1.03 bits per heavy atom. The minimum absolute atomic E-state index is 0. The fraction of sp³-hybridized carbons (Fsp3) is 0.489. The second-order valence-corrected chi connectivity index (χ2v) is 23.1. The van der Waals surface area contributed by atoms with Gasteiger partial charge < -0.3 is 27.0 Å². The molecule has 7 aromatic carbocycles. The summed E-state index contributed by atoms with van der Waals surface area (Å²) in [5.41, 5.74) is 11.8. The molecular weight excluding hydrogens is 1390 g/mol. The molecule has 0 aliphatic heterocycles. The molecule has 96 heavy (non-hydrogen) atoms. The van der Waals surface area contributed by atoms with Crippen molar-refractivity contribution in [2.75, 3.05) is 7.11 Å². The number of methoxy groups -OCH3 is 1. The van der Waals surface area contributed by atoms with Gasteiger partial charge in [-0.15, -0.1) is 0 Å². The Kier molecular flexibility index (Phi) is 76.2. The summed E-state index contributed by atoms with van der Waals surface area (Å²) >= 11 is 0. The Hall–Kier alpha value is -2.61. The molecule has 1 nitrogen and oxygen atoms in total. The summed E-state index contributed by atoms with van der Waals surface area (Å²) in [6.07, 6.45) is 10.1. The summed E-state index contributed by atoms with van der Waals surface area (Å²) in [5.74, 6) is 12.1. The van der Waals surface area contributed by atoms with E-state index in [1.165, 1.54) is 86.6 Å². The summed E-state index contributed by atoms with van der Waals surface area (Å²) in [6.45, 7) is 56.4. The predicted molar refractivity (Wildman–Crippen MR) is 427 cm³/mol. The average Bonchev–Trinajstić information content (AvgIpc) is 1.57. The monoisotopic (exact) mass is 1530 g/mol. The van der Waals surface area contributed by atoms with Crippen LogP contribution in [0.15, 0.2) is 206 Å². The molecule has 4 saturated carbocycles. The molecule has 0 saturated heterocycles. The molecule has 10 atom stereocenters. The summed E-state index contributed by atoms with van der Waals surface area (Å²) < 4.78 is 4.91. The van der Waals surface area contributed by atoms with Crippen molar-refractivity contribution in [2.45, 2.75) is 229 Å². The third kappa shape index (κ3) is 33.9. The number of fused-ring (bicyclic) bond motifs is 12. The van der Waals surface area contributed by atoms with E-state index >= 15 is 0 Å². The average molecular weight is 1530 g/mol. The Morgan fingerprint density at radius 1 is 0.448 bits per heavy atom. The Morgan fingerprint density at radius 2 is 0.760 bits per heavy atom. The van der Waals surface area contributed by atoms with Crippen LogP contribution < -0.4 is 0 Å².